The Bertz CT molecular complexity index is 537. The maximum atomic E-state index is 12.0. The molecule has 2 rings (SSSR count). The summed E-state index contributed by atoms with van der Waals surface area (Å²) in [5.74, 6) is 0.174. The molecule has 5 heteroatoms. The molecule has 0 N–H and O–H groups in total. The third kappa shape index (κ3) is 3.19. The maximum absolute atomic E-state index is 12.0. The fourth-order valence-electron chi connectivity index (χ4n) is 1.67. The van der Waals surface area contributed by atoms with Crippen molar-refractivity contribution >= 4 is 5.91 Å². The van der Waals surface area contributed by atoms with E-state index in [0.29, 0.717) is 12.4 Å². The van der Waals surface area contributed by atoms with Crippen molar-refractivity contribution in [3.05, 3.63) is 36.2 Å². The van der Waals surface area contributed by atoms with Gasteiger partial charge in [-0.25, -0.2) is 0 Å². The zero-order chi connectivity index (χ0) is 13.7. The van der Waals surface area contributed by atoms with E-state index in [1.165, 1.54) is 0 Å². The van der Waals surface area contributed by atoms with Crippen LogP contribution in [0.1, 0.15) is 30.5 Å². The van der Waals surface area contributed by atoms with Gasteiger partial charge >= 0.3 is 11.8 Å². The summed E-state index contributed by atoms with van der Waals surface area (Å²) < 4.78 is 5.42. The molecule has 0 aliphatic heterocycles. The SMILES string of the molecule is CCCCN(C)C(=O)c1nnc(-c2ccccc2)o1. The second-order valence-electron chi connectivity index (χ2n) is 4.36. The minimum Gasteiger partial charge on any atom is -0.412 e. The molecular weight excluding hydrogens is 242 g/mol. The highest BCUT2D eigenvalue weighted by Gasteiger charge is 2.19. The second kappa shape index (κ2) is 6.13. The van der Waals surface area contributed by atoms with Gasteiger partial charge in [-0.15, -0.1) is 10.2 Å². The third-order valence-corrected chi connectivity index (χ3v) is 2.82. The molecule has 1 amide bonds. The molecule has 1 heterocycles. The summed E-state index contributed by atoms with van der Waals surface area (Å²) >= 11 is 0. The number of aromatic nitrogens is 2. The molecule has 5 nitrogen and oxygen atoms in total. The quantitative estimate of drug-likeness (QED) is 0.828. The first kappa shape index (κ1) is 13.3. The average molecular weight is 259 g/mol. The zero-order valence-corrected chi connectivity index (χ0v) is 11.2. The molecule has 0 radical (unpaired) electrons. The molecule has 0 saturated heterocycles. The molecule has 0 unspecified atom stereocenters. The first-order valence-electron chi connectivity index (χ1n) is 6.36. The van der Waals surface area contributed by atoms with Crippen molar-refractivity contribution in [3.8, 4) is 11.5 Å². The van der Waals surface area contributed by atoms with Crippen LogP contribution in [0, 0.1) is 0 Å². The second-order valence-corrected chi connectivity index (χ2v) is 4.36. The highest BCUT2D eigenvalue weighted by molar-refractivity contribution is 5.89. The molecule has 0 bridgehead atoms. The minimum absolute atomic E-state index is 0.0393. The molecular formula is C14H17N3O2. The Morgan fingerprint density at radius 2 is 2.00 bits per heavy atom. The largest absolute Gasteiger partial charge is 0.412 e. The van der Waals surface area contributed by atoms with Gasteiger partial charge in [-0.3, -0.25) is 4.79 Å². The molecule has 0 aliphatic carbocycles. The Morgan fingerprint density at radius 1 is 1.26 bits per heavy atom. The van der Waals surface area contributed by atoms with Crippen LogP contribution < -0.4 is 0 Å². The third-order valence-electron chi connectivity index (χ3n) is 2.82. The van der Waals surface area contributed by atoms with Crippen molar-refractivity contribution in [2.75, 3.05) is 13.6 Å². The molecule has 19 heavy (non-hydrogen) atoms. The predicted molar refractivity (Wildman–Crippen MR) is 71.6 cm³/mol. The van der Waals surface area contributed by atoms with Crippen LogP contribution in [0.3, 0.4) is 0 Å². The summed E-state index contributed by atoms with van der Waals surface area (Å²) in [6.07, 6.45) is 2.00. The Hall–Kier alpha value is -2.17. The van der Waals surface area contributed by atoms with Crippen molar-refractivity contribution in [1.29, 1.82) is 0 Å². The standard InChI is InChI=1S/C14H17N3O2/c1-3-4-10-17(2)14(18)13-16-15-12(19-13)11-8-6-5-7-9-11/h5-9H,3-4,10H2,1-2H3. The van der Waals surface area contributed by atoms with Crippen LogP contribution in [0.15, 0.2) is 34.7 Å². The van der Waals surface area contributed by atoms with E-state index in [4.69, 9.17) is 4.42 Å². The molecule has 2 aromatic rings. The van der Waals surface area contributed by atoms with E-state index < -0.39 is 0 Å². The summed E-state index contributed by atoms with van der Waals surface area (Å²) in [7, 11) is 1.74. The molecule has 0 aliphatic rings. The molecule has 0 saturated carbocycles. The number of benzene rings is 1. The van der Waals surface area contributed by atoms with E-state index >= 15 is 0 Å². The van der Waals surface area contributed by atoms with Crippen molar-refractivity contribution in [2.45, 2.75) is 19.8 Å². The Kier molecular flexibility index (Phi) is 4.28. The van der Waals surface area contributed by atoms with Gasteiger partial charge in [-0.1, -0.05) is 31.5 Å². The van der Waals surface area contributed by atoms with Crippen molar-refractivity contribution in [3.63, 3.8) is 0 Å². The highest BCUT2D eigenvalue weighted by atomic mass is 16.4. The van der Waals surface area contributed by atoms with Gasteiger partial charge in [-0.2, -0.15) is 0 Å². The lowest BCUT2D eigenvalue weighted by atomic mass is 10.2. The van der Waals surface area contributed by atoms with Gasteiger partial charge in [0.25, 0.3) is 0 Å². The molecule has 100 valence electrons. The minimum atomic E-state index is -0.233. The van der Waals surface area contributed by atoms with E-state index in [-0.39, 0.29) is 11.8 Å². The van der Waals surface area contributed by atoms with Crippen LogP contribution in [-0.4, -0.2) is 34.6 Å². The van der Waals surface area contributed by atoms with Crippen LogP contribution in [0.4, 0.5) is 0 Å². The van der Waals surface area contributed by atoms with Crippen LogP contribution in [0.5, 0.6) is 0 Å². The van der Waals surface area contributed by atoms with Gasteiger partial charge in [0, 0.05) is 19.2 Å². The van der Waals surface area contributed by atoms with Gasteiger partial charge in [0.15, 0.2) is 0 Å². The number of nitrogens with zero attached hydrogens (tertiary/aromatic N) is 3. The fourth-order valence-corrected chi connectivity index (χ4v) is 1.67. The number of hydrogen-bond acceptors (Lipinski definition) is 4. The Balaban J connectivity index is 2.11. The van der Waals surface area contributed by atoms with E-state index in [2.05, 4.69) is 17.1 Å². The van der Waals surface area contributed by atoms with Crippen LogP contribution in [0.25, 0.3) is 11.5 Å². The van der Waals surface area contributed by atoms with Crippen LogP contribution in [-0.2, 0) is 0 Å². The van der Waals surface area contributed by atoms with Crippen molar-refractivity contribution in [2.24, 2.45) is 0 Å². The van der Waals surface area contributed by atoms with Crippen LogP contribution in [0.2, 0.25) is 0 Å². The zero-order valence-electron chi connectivity index (χ0n) is 11.2. The molecule has 0 atom stereocenters. The average Bonchev–Trinajstić information content (AvgIpc) is 2.94. The summed E-state index contributed by atoms with van der Waals surface area (Å²) in [5.41, 5.74) is 0.810. The van der Waals surface area contributed by atoms with E-state index in [0.717, 1.165) is 18.4 Å². The topological polar surface area (TPSA) is 59.2 Å². The molecule has 1 aromatic carbocycles. The summed E-state index contributed by atoms with van der Waals surface area (Å²) in [6, 6.07) is 9.40. The van der Waals surface area contributed by atoms with Gasteiger partial charge in [0.2, 0.25) is 5.89 Å². The van der Waals surface area contributed by atoms with Gasteiger partial charge in [0.05, 0.1) is 0 Å². The molecule has 1 aromatic heterocycles. The fraction of sp³-hybridized carbons (Fsp3) is 0.357. The first-order valence-corrected chi connectivity index (χ1v) is 6.36. The number of unbranched alkanes of at least 4 members (excludes halogenated alkanes) is 1. The predicted octanol–water partition coefficient (Wildman–Crippen LogP) is 2.61. The van der Waals surface area contributed by atoms with Gasteiger partial charge < -0.3 is 9.32 Å². The lowest BCUT2D eigenvalue weighted by Crippen LogP contribution is -2.27. The smallest absolute Gasteiger partial charge is 0.311 e. The van der Waals surface area contributed by atoms with E-state index in [1.807, 2.05) is 30.3 Å². The lowest BCUT2D eigenvalue weighted by Gasteiger charge is -2.13. The van der Waals surface area contributed by atoms with Gasteiger partial charge in [-0.05, 0) is 18.6 Å². The number of hydrogen-bond donors (Lipinski definition) is 0. The Morgan fingerprint density at radius 3 is 2.68 bits per heavy atom. The van der Waals surface area contributed by atoms with Gasteiger partial charge in [0.1, 0.15) is 0 Å². The summed E-state index contributed by atoms with van der Waals surface area (Å²) in [6.45, 7) is 2.77. The highest BCUT2D eigenvalue weighted by Crippen LogP contribution is 2.17. The first-order chi connectivity index (χ1) is 9.22. The summed E-state index contributed by atoms with van der Waals surface area (Å²) in [5, 5.41) is 7.72. The Labute approximate surface area is 112 Å². The number of carbonyl (C=O) groups excluding carboxylic acids is 1. The van der Waals surface area contributed by atoms with E-state index in [9.17, 15) is 4.79 Å². The van der Waals surface area contributed by atoms with E-state index in [1.54, 1.807) is 11.9 Å². The molecule has 0 fully saturated rings. The number of amides is 1. The number of rotatable bonds is 5. The lowest BCUT2D eigenvalue weighted by molar-refractivity contribution is 0.0754. The molecule has 0 spiro atoms. The monoisotopic (exact) mass is 259 g/mol. The van der Waals surface area contributed by atoms with Crippen molar-refractivity contribution < 1.29 is 9.21 Å². The summed E-state index contributed by atoms with van der Waals surface area (Å²) in [4.78, 5) is 13.6. The van der Waals surface area contributed by atoms with Crippen LogP contribution >= 0.6 is 0 Å². The normalized spacial score (nSPS) is 10.4. The maximum Gasteiger partial charge on any atom is 0.311 e. The number of carbonyl (C=O) groups is 1. The van der Waals surface area contributed by atoms with Crippen molar-refractivity contribution in [1.82, 2.24) is 15.1 Å².